The van der Waals surface area contributed by atoms with Gasteiger partial charge in [-0.15, -0.1) is 35.3 Å². The van der Waals surface area contributed by atoms with Gasteiger partial charge in [0.1, 0.15) is 5.01 Å². The van der Waals surface area contributed by atoms with Crippen molar-refractivity contribution >= 4 is 58.6 Å². The molecule has 0 amide bonds. The van der Waals surface area contributed by atoms with Crippen molar-refractivity contribution in [3.63, 3.8) is 0 Å². The second kappa shape index (κ2) is 12.1. The summed E-state index contributed by atoms with van der Waals surface area (Å²) >= 11 is 8.24. The quantitative estimate of drug-likeness (QED) is 0.315. The second-order valence-electron chi connectivity index (χ2n) is 7.63. The van der Waals surface area contributed by atoms with Crippen LogP contribution in [0.1, 0.15) is 36.0 Å². The lowest BCUT2D eigenvalue weighted by molar-refractivity contribution is 0.312. The number of hydrogen-bond acceptors (Lipinski definition) is 5. The van der Waals surface area contributed by atoms with Crippen LogP contribution in [-0.4, -0.2) is 56.1 Å². The largest absolute Gasteiger partial charge is 0.369 e. The fraction of sp³-hybridized carbons (Fsp3) is 0.524. The molecule has 0 spiro atoms. The van der Waals surface area contributed by atoms with E-state index in [4.69, 9.17) is 11.6 Å². The first-order chi connectivity index (χ1) is 14.0. The molecule has 3 rings (SSSR count). The monoisotopic (exact) mass is 562 g/mol. The molecule has 2 heterocycles. The number of nitrogens with one attached hydrogen (secondary N) is 2. The van der Waals surface area contributed by atoms with E-state index in [0.29, 0.717) is 19.0 Å². The minimum atomic E-state index is 0. The Hall–Kier alpha value is -1.10. The molecular weight excluding hydrogens is 531 g/mol. The Kier molecular flexibility index (Phi) is 10.1. The van der Waals surface area contributed by atoms with Gasteiger partial charge < -0.3 is 20.4 Å². The maximum atomic E-state index is 6.56. The first-order valence-electron chi connectivity index (χ1n) is 10.1. The summed E-state index contributed by atoms with van der Waals surface area (Å²) in [5.74, 6) is 1.20. The summed E-state index contributed by atoms with van der Waals surface area (Å²) in [5, 5.41) is 10.7. The van der Waals surface area contributed by atoms with Gasteiger partial charge in [-0.3, -0.25) is 4.99 Å². The van der Waals surface area contributed by atoms with Crippen LogP contribution in [0.15, 0.2) is 28.6 Å². The lowest BCUT2D eigenvalue weighted by Gasteiger charge is -2.35. The van der Waals surface area contributed by atoms with Crippen LogP contribution >= 0.6 is 46.9 Å². The second-order valence-corrected chi connectivity index (χ2v) is 8.98. The Bertz CT molecular complexity index is 833. The summed E-state index contributed by atoms with van der Waals surface area (Å²) in [4.78, 5) is 13.8. The van der Waals surface area contributed by atoms with E-state index in [9.17, 15) is 0 Å². The predicted octanol–water partition coefficient (Wildman–Crippen LogP) is 4.15. The van der Waals surface area contributed by atoms with Crippen molar-refractivity contribution in [3.05, 3.63) is 44.9 Å². The molecule has 2 aromatic rings. The molecule has 9 heteroatoms. The van der Waals surface area contributed by atoms with Crippen LogP contribution in [0.2, 0.25) is 5.02 Å². The SMILES string of the molecule is CN=C(NCc1nc(C(C)C)cs1)NCc1c(Cl)cccc1N1CCN(C)CC1.I. The van der Waals surface area contributed by atoms with Crippen LogP contribution in [-0.2, 0) is 13.1 Å². The average Bonchev–Trinajstić information content (AvgIpc) is 3.19. The van der Waals surface area contributed by atoms with Crippen molar-refractivity contribution < 1.29 is 0 Å². The zero-order valence-electron chi connectivity index (χ0n) is 18.1. The van der Waals surface area contributed by atoms with Crippen LogP contribution in [0.25, 0.3) is 0 Å². The first-order valence-corrected chi connectivity index (χ1v) is 11.3. The lowest BCUT2D eigenvalue weighted by Crippen LogP contribution is -2.45. The van der Waals surface area contributed by atoms with Gasteiger partial charge >= 0.3 is 0 Å². The molecule has 1 aromatic carbocycles. The van der Waals surface area contributed by atoms with E-state index >= 15 is 0 Å². The number of nitrogens with zero attached hydrogens (tertiary/aromatic N) is 4. The maximum Gasteiger partial charge on any atom is 0.191 e. The van der Waals surface area contributed by atoms with Crippen LogP contribution in [0.4, 0.5) is 5.69 Å². The lowest BCUT2D eigenvalue weighted by atomic mass is 10.1. The molecule has 1 saturated heterocycles. The highest BCUT2D eigenvalue weighted by atomic mass is 127. The minimum absolute atomic E-state index is 0. The van der Waals surface area contributed by atoms with Gasteiger partial charge in [0.05, 0.1) is 12.2 Å². The number of likely N-dealkylation sites (N-methyl/N-ethyl adjacent to an activating group) is 1. The third kappa shape index (κ3) is 6.70. The molecule has 0 radical (unpaired) electrons. The Morgan fingerprint density at radius 2 is 1.90 bits per heavy atom. The number of rotatable bonds is 6. The van der Waals surface area contributed by atoms with E-state index < -0.39 is 0 Å². The van der Waals surface area contributed by atoms with Gasteiger partial charge in [0.2, 0.25) is 0 Å². The van der Waals surface area contributed by atoms with Crippen molar-refractivity contribution in [1.29, 1.82) is 0 Å². The summed E-state index contributed by atoms with van der Waals surface area (Å²) < 4.78 is 0. The highest BCUT2D eigenvalue weighted by molar-refractivity contribution is 14.0. The number of aliphatic imine (C=N–C) groups is 1. The van der Waals surface area contributed by atoms with Crippen LogP contribution in [0.3, 0.4) is 0 Å². The Labute approximate surface area is 206 Å². The fourth-order valence-electron chi connectivity index (χ4n) is 3.29. The van der Waals surface area contributed by atoms with Crippen LogP contribution in [0, 0.1) is 0 Å². The van der Waals surface area contributed by atoms with Crippen molar-refractivity contribution in [3.8, 4) is 0 Å². The molecule has 0 unspecified atom stereocenters. The summed E-state index contributed by atoms with van der Waals surface area (Å²) in [6.07, 6.45) is 0. The molecule has 166 valence electrons. The molecule has 1 aromatic heterocycles. The zero-order valence-corrected chi connectivity index (χ0v) is 22.0. The van der Waals surface area contributed by atoms with Gasteiger partial charge in [0, 0.05) is 61.4 Å². The number of anilines is 1. The minimum Gasteiger partial charge on any atom is -0.369 e. The Morgan fingerprint density at radius 3 is 2.53 bits per heavy atom. The molecule has 30 heavy (non-hydrogen) atoms. The summed E-state index contributed by atoms with van der Waals surface area (Å²) in [5.41, 5.74) is 3.45. The molecule has 6 nitrogen and oxygen atoms in total. The molecule has 0 saturated carbocycles. The molecule has 1 fully saturated rings. The number of hydrogen-bond donors (Lipinski definition) is 2. The van der Waals surface area contributed by atoms with Gasteiger partial charge in [-0.05, 0) is 25.1 Å². The van der Waals surface area contributed by atoms with Crippen molar-refractivity contribution in [2.75, 3.05) is 45.2 Å². The molecular formula is C21H32ClIN6S. The Balaban J connectivity index is 0.00000320. The van der Waals surface area contributed by atoms with Gasteiger partial charge in [-0.2, -0.15) is 0 Å². The number of benzene rings is 1. The van der Waals surface area contributed by atoms with E-state index in [0.717, 1.165) is 53.4 Å². The summed E-state index contributed by atoms with van der Waals surface area (Å²) in [6, 6.07) is 6.14. The van der Waals surface area contributed by atoms with Crippen molar-refractivity contribution in [2.24, 2.45) is 4.99 Å². The van der Waals surface area contributed by atoms with Crippen LogP contribution in [0.5, 0.6) is 0 Å². The molecule has 1 aliphatic rings. The van der Waals surface area contributed by atoms with E-state index in [2.05, 4.69) is 62.8 Å². The highest BCUT2D eigenvalue weighted by Crippen LogP contribution is 2.28. The maximum absolute atomic E-state index is 6.56. The summed E-state index contributed by atoms with van der Waals surface area (Å²) in [7, 11) is 3.95. The van der Waals surface area contributed by atoms with E-state index in [1.165, 1.54) is 5.69 Å². The van der Waals surface area contributed by atoms with Crippen molar-refractivity contribution in [1.82, 2.24) is 20.5 Å². The van der Waals surface area contributed by atoms with Gasteiger partial charge in [-0.1, -0.05) is 31.5 Å². The summed E-state index contributed by atoms with van der Waals surface area (Å²) in [6.45, 7) is 9.76. The number of aromatic nitrogens is 1. The molecule has 0 bridgehead atoms. The van der Waals surface area contributed by atoms with E-state index in [1.807, 2.05) is 12.1 Å². The van der Waals surface area contributed by atoms with Crippen LogP contribution < -0.4 is 15.5 Å². The number of guanidine groups is 1. The molecule has 0 aliphatic carbocycles. The average molecular weight is 563 g/mol. The molecule has 2 N–H and O–H groups in total. The third-order valence-corrected chi connectivity index (χ3v) is 6.38. The van der Waals surface area contributed by atoms with Crippen molar-refractivity contribution in [2.45, 2.75) is 32.9 Å². The fourth-order valence-corrected chi connectivity index (χ4v) is 4.42. The van der Waals surface area contributed by atoms with Gasteiger partial charge in [0.25, 0.3) is 0 Å². The van der Waals surface area contributed by atoms with Gasteiger partial charge in [-0.25, -0.2) is 4.98 Å². The predicted molar refractivity (Wildman–Crippen MR) is 140 cm³/mol. The van der Waals surface area contributed by atoms with E-state index in [1.54, 1.807) is 18.4 Å². The molecule has 0 atom stereocenters. The Morgan fingerprint density at radius 1 is 1.20 bits per heavy atom. The standard InChI is InChI=1S/C21H31ClN6S.HI/c1-15(2)18-14-29-20(26-18)13-25-21(23-3)24-12-16-17(22)6-5-7-19(16)28-10-8-27(4)9-11-28;/h5-7,14-15H,8-13H2,1-4H3,(H2,23,24,25);1H. The third-order valence-electron chi connectivity index (χ3n) is 5.16. The smallest absolute Gasteiger partial charge is 0.191 e. The topological polar surface area (TPSA) is 55.8 Å². The number of piperazine rings is 1. The molecule has 1 aliphatic heterocycles. The van der Waals surface area contributed by atoms with Gasteiger partial charge in [0.15, 0.2) is 5.96 Å². The number of halogens is 2. The first kappa shape index (κ1) is 25.2. The normalized spacial score (nSPS) is 15.3. The van der Waals surface area contributed by atoms with E-state index in [-0.39, 0.29) is 24.0 Å². The highest BCUT2D eigenvalue weighted by Gasteiger charge is 2.18. The number of thiazole rings is 1. The zero-order chi connectivity index (χ0) is 20.8.